The highest BCUT2D eigenvalue weighted by molar-refractivity contribution is 5.72. The first-order chi connectivity index (χ1) is 9.24. The van der Waals surface area contributed by atoms with Crippen LogP contribution in [-0.2, 0) is 4.74 Å². The number of hydrogen-bond acceptors (Lipinski definition) is 4. The van der Waals surface area contributed by atoms with Crippen LogP contribution < -0.4 is 0 Å². The van der Waals surface area contributed by atoms with E-state index in [-0.39, 0.29) is 5.92 Å². The number of likely N-dealkylation sites (tertiary alicyclic amines) is 1. The van der Waals surface area contributed by atoms with Gasteiger partial charge in [-0.25, -0.2) is 4.79 Å². The number of methoxy groups -OCH3 is 1. The minimum absolute atomic E-state index is 0.0870. The van der Waals surface area contributed by atoms with E-state index in [1.165, 1.54) is 12.0 Å². The molecule has 1 aromatic carbocycles. The van der Waals surface area contributed by atoms with Crippen molar-refractivity contribution in [3.8, 4) is 6.07 Å². The van der Waals surface area contributed by atoms with Crippen LogP contribution in [0.5, 0.6) is 0 Å². The molecule has 1 aromatic rings. The second-order valence-corrected chi connectivity index (χ2v) is 4.38. The molecule has 0 N–H and O–H groups in total. The van der Waals surface area contributed by atoms with E-state index in [1.807, 2.05) is 36.5 Å². The molecular formula is C14H15N3O2. The van der Waals surface area contributed by atoms with Gasteiger partial charge < -0.3 is 4.74 Å². The number of nitrogens with zero attached hydrogens (tertiary/aromatic N) is 3. The largest absolute Gasteiger partial charge is 0.453 e. The number of rotatable bonds is 2. The molecule has 1 aliphatic rings. The first-order valence-electron chi connectivity index (χ1n) is 6.08. The van der Waals surface area contributed by atoms with Crippen molar-refractivity contribution in [1.82, 2.24) is 4.90 Å². The highest BCUT2D eigenvalue weighted by Crippen LogP contribution is 2.23. The summed E-state index contributed by atoms with van der Waals surface area (Å²) in [5, 5.41) is 9.04. The van der Waals surface area contributed by atoms with Gasteiger partial charge in [-0.15, -0.1) is 0 Å². The number of carbonyl (C=O) groups excluding carboxylic acids is 1. The van der Waals surface area contributed by atoms with E-state index in [4.69, 9.17) is 5.26 Å². The summed E-state index contributed by atoms with van der Waals surface area (Å²) < 4.78 is 4.67. The zero-order valence-electron chi connectivity index (χ0n) is 10.7. The molecule has 19 heavy (non-hydrogen) atoms. The van der Waals surface area contributed by atoms with Crippen LogP contribution in [0.2, 0.25) is 0 Å². The van der Waals surface area contributed by atoms with Crippen molar-refractivity contribution >= 4 is 18.0 Å². The molecule has 0 aromatic heterocycles. The van der Waals surface area contributed by atoms with E-state index in [2.05, 4.69) is 15.8 Å². The van der Waals surface area contributed by atoms with Gasteiger partial charge in [-0.05, 0) is 18.6 Å². The lowest BCUT2D eigenvalue weighted by molar-refractivity contribution is 0.125. The zero-order valence-corrected chi connectivity index (χ0v) is 10.7. The van der Waals surface area contributed by atoms with Gasteiger partial charge in [-0.1, -0.05) is 18.2 Å². The SMILES string of the molecule is COC(=O)N1CC(C=Nc2ccccc2)CC1C#N. The number of carbonyl (C=O) groups is 1. The number of nitriles is 1. The van der Waals surface area contributed by atoms with E-state index in [9.17, 15) is 4.79 Å². The summed E-state index contributed by atoms with van der Waals surface area (Å²) in [6, 6.07) is 11.3. The predicted molar refractivity (Wildman–Crippen MR) is 71.2 cm³/mol. The minimum atomic E-state index is -0.456. The van der Waals surface area contributed by atoms with E-state index in [1.54, 1.807) is 0 Å². The van der Waals surface area contributed by atoms with Gasteiger partial charge in [0.1, 0.15) is 6.04 Å². The van der Waals surface area contributed by atoms with Crippen LogP contribution in [0.4, 0.5) is 10.5 Å². The Labute approximate surface area is 112 Å². The molecule has 5 heteroatoms. The van der Waals surface area contributed by atoms with E-state index in [0.717, 1.165) is 5.69 Å². The van der Waals surface area contributed by atoms with Crippen LogP contribution in [0.25, 0.3) is 0 Å². The van der Waals surface area contributed by atoms with Crippen molar-refractivity contribution < 1.29 is 9.53 Å². The Hall–Kier alpha value is -2.35. The number of benzene rings is 1. The van der Waals surface area contributed by atoms with Gasteiger partial charge in [0, 0.05) is 18.7 Å². The molecule has 0 radical (unpaired) electrons. The molecular weight excluding hydrogens is 242 g/mol. The predicted octanol–water partition coefficient (Wildman–Crippen LogP) is 2.37. The molecule has 5 nitrogen and oxygen atoms in total. The monoisotopic (exact) mass is 257 g/mol. The Morgan fingerprint density at radius 1 is 1.53 bits per heavy atom. The van der Waals surface area contributed by atoms with Crippen molar-refractivity contribution in [3.63, 3.8) is 0 Å². The fourth-order valence-electron chi connectivity index (χ4n) is 2.12. The van der Waals surface area contributed by atoms with Gasteiger partial charge >= 0.3 is 6.09 Å². The molecule has 2 atom stereocenters. The Bertz CT molecular complexity index is 507. The molecule has 0 spiro atoms. The summed E-state index contributed by atoms with van der Waals surface area (Å²) in [5.74, 6) is 0.0870. The van der Waals surface area contributed by atoms with Gasteiger partial charge in [0.25, 0.3) is 0 Å². The molecule has 0 bridgehead atoms. The first-order valence-corrected chi connectivity index (χ1v) is 6.08. The molecule has 98 valence electrons. The van der Waals surface area contributed by atoms with Crippen LogP contribution in [0.3, 0.4) is 0 Å². The van der Waals surface area contributed by atoms with Crippen LogP contribution in [0, 0.1) is 17.2 Å². The number of amides is 1. The second-order valence-electron chi connectivity index (χ2n) is 4.38. The summed E-state index contributed by atoms with van der Waals surface area (Å²) >= 11 is 0. The highest BCUT2D eigenvalue weighted by Gasteiger charge is 2.35. The number of hydrogen-bond donors (Lipinski definition) is 0. The maximum atomic E-state index is 11.5. The molecule has 1 fully saturated rings. The van der Waals surface area contributed by atoms with Crippen LogP contribution in [0.15, 0.2) is 35.3 Å². The lowest BCUT2D eigenvalue weighted by atomic mass is 10.1. The lowest BCUT2D eigenvalue weighted by Gasteiger charge is -2.16. The molecule has 0 saturated carbocycles. The summed E-state index contributed by atoms with van der Waals surface area (Å²) in [6.07, 6.45) is 1.95. The molecule has 1 amide bonds. The van der Waals surface area contributed by atoms with Crippen molar-refractivity contribution in [1.29, 1.82) is 5.26 Å². The van der Waals surface area contributed by atoms with E-state index in [0.29, 0.717) is 13.0 Å². The van der Waals surface area contributed by atoms with Crippen LogP contribution in [-0.4, -0.2) is 36.9 Å². The standard InChI is InChI=1S/C14H15N3O2/c1-19-14(18)17-10-11(7-13(17)8-15)9-16-12-5-3-2-4-6-12/h2-6,9,11,13H,7,10H2,1H3. The molecule has 0 aliphatic carbocycles. The molecule has 1 heterocycles. The fraction of sp³-hybridized carbons (Fsp3) is 0.357. The van der Waals surface area contributed by atoms with Gasteiger partial charge in [0.05, 0.1) is 18.9 Å². The number of ether oxygens (including phenoxy) is 1. The Kier molecular flexibility index (Phi) is 4.14. The second kappa shape index (κ2) is 6.01. The quantitative estimate of drug-likeness (QED) is 0.764. The first kappa shape index (κ1) is 13.1. The maximum absolute atomic E-state index is 11.5. The topological polar surface area (TPSA) is 65.7 Å². The van der Waals surface area contributed by atoms with Gasteiger partial charge in [-0.2, -0.15) is 5.26 Å². The summed E-state index contributed by atoms with van der Waals surface area (Å²) in [5.41, 5.74) is 0.868. The van der Waals surface area contributed by atoms with Crippen molar-refractivity contribution in [2.24, 2.45) is 10.9 Å². The average molecular weight is 257 g/mol. The molecule has 2 rings (SSSR count). The van der Waals surface area contributed by atoms with E-state index < -0.39 is 12.1 Å². The Morgan fingerprint density at radius 2 is 2.26 bits per heavy atom. The number of aliphatic imine (C=N–C) groups is 1. The number of para-hydroxylation sites is 1. The molecule has 1 saturated heterocycles. The Morgan fingerprint density at radius 3 is 2.89 bits per heavy atom. The molecule has 1 aliphatic heterocycles. The fourth-order valence-corrected chi connectivity index (χ4v) is 2.12. The van der Waals surface area contributed by atoms with Crippen molar-refractivity contribution in [2.75, 3.05) is 13.7 Å². The van der Waals surface area contributed by atoms with Crippen molar-refractivity contribution in [3.05, 3.63) is 30.3 Å². The maximum Gasteiger partial charge on any atom is 0.410 e. The summed E-state index contributed by atoms with van der Waals surface area (Å²) in [7, 11) is 1.32. The third-order valence-corrected chi connectivity index (χ3v) is 3.08. The normalized spacial score (nSPS) is 22.4. The zero-order chi connectivity index (χ0) is 13.7. The lowest BCUT2D eigenvalue weighted by Crippen LogP contribution is -2.34. The third-order valence-electron chi connectivity index (χ3n) is 3.08. The smallest absolute Gasteiger partial charge is 0.410 e. The van der Waals surface area contributed by atoms with E-state index >= 15 is 0 Å². The van der Waals surface area contributed by atoms with Gasteiger partial charge in [0.15, 0.2) is 0 Å². The minimum Gasteiger partial charge on any atom is -0.453 e. The van der Waals surface area contributed by atoms with Crippen LogP contribution in [0.1, 0.15) is 6.42 Å². The summed E-state index contributed by atoms with van der Waals surface area (Å²) in [6.45, 7) is 0.473. The van der Waals surface area contributed by atoms with Crippen LogP contribution >= 0.6 is 0 Å². The van der Waals surface area contributed by atoms with Gasteiger partial charge in [0.2, 0.25) is 0 Å². The van der Waals surface area contributed by atoms with Crippen molar-refractivity contribution in [2.45, 2.75) is 12.5 Å². The van der Waals surface area contributed by atoms with Gasteiger partial charge in [-0.3, -0.25) is 9.89 Å². The highest BCUT2D eigenvalue weighted by atomic mass is 16.5. The summed E-state index contributed by atoms with van der Waals surface area (Å²) in [4.78, 5) is 17.3. The molecule has 2 unspecified atom stereocenters. The Balaban J connectivity index is 2.02. The average Bonchev–Trinajstić information content (AvgIpc) is 2.88. The third kappa shape index (κ3) is 3.10.